The zero-order valence-electron chi connectivity index (χ0n) is 18.2. The molecule has 4 rings (SSSR count). The summed E-state index contributed by atoms with van der Waals surface area (Å²) in [5.74, 6) is -0.302. The fraction of sp³-hybridized carbons (Fsp3) is 0.200. The molecular formula is C25H23ClFN3O3S. The molecule has 0 spiro atoms. The van der Waals surface area contributed by atoms with Gasteiger partial charge in [-0.1, -0.05) is 35.9 Å². The van der Waals surface area contributed by atoms with Gasteiger partial charge in [-0.05, 0) is 54.3 Å². The normalized spacial score (nSPS) is 13.3. The van der Waals surface area contributed by atoms with Gasteiger partial charge in [-0.3, -0.25) is 14.7 Å². The maximum atomic E-state index is 14.3. The van der Waals surface area contributed by atoms with Crippen LogP contribution < -0.4 is 20.1 Å². The van der Waals surface area contributed by atoms with Crippen LogP contribution in [0.4, 0.5) is 15.8 Å². The third kappa shape index (κ3) is 5.70. The van der Waals surface area contributed by atoms with Gasteiger partial charge in [0.2, 0.25) is 11.8 Å². The lowest BCUT2D eigenvalue weighted by Crippen LogP contribution is -2.24. The minimum absolute atomic E-state index is 0.0926. The summed E-state index contributed by atoms with van der Waals surface area (Å²) in [6.07, 6.45) is 1.28. The minimum atomic E-state index is -0.460. The first kappa shape index (κ1) is 24.1. The average Bonchev–Trinajstić information content (AvgIpc) is 3.26. The first-order valence-electron chi connectivity index (χ1n) is 10.7. The number of anilines is 2. The number of nitrogens with one attached hydrogen (secondary N) is 1. The number of rotatable bonds is 8. The standard InChI is InChI=1S/C25H23ClFN3O3S/c26-20-5-2-1-4-16(20)12-24(31)29-18-8-7-17(23(13-18)34-28)15-33-19-9-10-21(27)22(14-19)30-11-3-6-25(30)32/h1-2,4-5,7-10,13-14H,3,6,11-12,15,28H2,(H,29,31). The van der Waals surface area contributed by atoms with Crippen LogP contribution in [0, 0.1) is 5.82 Å². The summed E-state index contributed by atoms with van der Waals surface area (Å²) in [5, 5.41) is 9.24. The average molecular weight is 500 g/mol. The minimum Gasteiger partial charge on any atom is -0.489 e. The van der Waals surface area contributed by atoms with Gasteiger partial charge in [-0.15, -0.1) is 0 Å². The van der Waals surface area contributed by atoms with Crippen LogP contribution in [0.25, 0.3) is 0 Å². The van der Waals surface area contributed by atoms with E-state index < -0.39 is 5.82 Å². The number of amides is 2. The first-order chi connectivity index (χ1) is 16.4. The Kier molecular flexibility index (Phi) is 7.72. The van der Waals surface area contributed by atoms with Gasteiger partial charge < -0.3 is 15.0 Å². The molecule has 0 saturated carbocycles. The molecule has 176 valence electrons. The highest BCUT2D eigenvalue weighted by molar-refractivity contribution is 7.97. The van der Waals surface area contributed by atoms with Crippen molar-refractivity contribution in [3.05, 3.63) is 82.6 Å². The summed E-state index contributed by atoms with van der Waals surface area (Å²) in [5.41, 5.74) is 2.38. The summed E-state index contributed by atoms with van der Waals surface area (Å²) < 4.78 is 20.1. The van der Waals surface area contributed by atoms with E-state index in [1.165, 1.54) is 23.1 Å². The zero-order valence-corrected chi connectivity index (χ0v) is 19.8. The van der Waals surface area contributed by atoms with Crippen molar-refractivity contribution >= 4 is 46.7 Å². The first-order valence-corrected chi connectivity index (χ1v) is 12.0. The molecule has 0 bridgehead atoms. The number of hydrogen-bond donors (Lipinski definition) is 2. The molecule has 1 heterocycles. The molecule has 3 N–H and O–H groups in total. The Hall–Kier alpha value is -3.07. The largest absolute Gasteiger partial charge is 0.489 e. The smallest absolute Gasteiger partial charge is 0.228 e. The summed E-state index contributed by atoms with van der Waals surface area (Å²) in [6, 6.07) is 16.9. The Bertz CT molecular complexity index is 1220. The van der Waals surface area contributed by atoms with Gasteiger partial charge >= 0.3 is 0 Å². The molecule has 0 aromatic heterocycles. The Morgan fingerprint density at radius 3 is 2.71 bits per heavy atom. The summed E-state index contributed by atoms with van der Waals surface area (Å²) in [4.78, 5) is 26.6. The molecular weight excluding hydrogens is 477 g/mol. The topological polar surface area (TPSA) is 84.7 Å². The van der Waals surface area contributed by atoms with Crippen molar-refractivity contribution in [2.24, 2.45) is 5.14 Å². The van der Waals surface area contributed by atoms with E-state index in [1.807, 2.05) is 24.3 Å². The second-order valence-electron chi connectivity index (χ2n) is 7.81. The summed E-state index contributed by atoms with van der Waals surface area (Å²) >= 11 is 7.17. The molecule has 1 fully saturated rings. The van der Waals surface area contributed by atoms with E-state index in [-0.39, 0.29) is 30.5 Å². The number of nitrogens with two attached hydrogens (primary N) is 1. The maximum absolute atomic E-state index is 14.3. The van der Waals surface area contributed by atoms with E-state index in [9.17, 15) is 14.0 Å². The molecule has 6 nitrogen and oxygen atoms in total. The van der Waals surface area contributed by atoms with Gasteiger partial charge in [0.25, 0.3) is 0 Å². The van der Waals surface area contributed by atoms with E-state index in [2.05, 4.69) is 5.32 Å². The SMILES string of the molecule is NSc1cc(NC(=O)Cc2ccccc2Cl)ccc1COc1ccc(F)c(N2CCCC2=O)c1. The third-order valence-corrected chi connectivity index (χ3v) is 6.47. The third-order valence-electron chi connectivity index (χ3n) is 5.46. The van der Waals surface area contributed by atoms with E-state index >= 15 is 0 Å². The number of halogens is 2. The number of benzene rings is 3. The number of ether oxygens (including phenoxy) is 1. The van der Waals surface area contributed by atoms with Crippen LogP contribution in [-0.2, 0) is 22.6 Å². The highest BCUT2D eigenvalue weighted by Gasteiger charge is 2.24. The second-order valence-corrected chi connectivity index (χ2v) is 8.89. The number of nitrogens with zero attached hydrogens (tertiary/aromatic N) is 1. The fourth-order valence-electron chi connectivity index (χ4n) is 3.73. The molecule has 1 aliphatic rings. The molecule has 1 saturated heterocycles. The van der Waals surface area contributed by atoms with E-state index in [0.717, 1.165) is 28.0 Å². The van der Waals surface area contributed by atoms with Gasteiger partial charge in [0.15, 0.2) is 0 Å². The Morgan fingerprint density at radius 1 is 1.15 bits per heavy atom. The lowest BCUT2D eigenvalue weighted by Gasteiger charge is -2.18. The lowest BCUT2D eigenvalue weighted by molar-refractivity contribution is -0.117. The van der Waals surface area contributed by atoms with Crippen molar-refractivity contribution in [3.63, 3.8) is 0 Å². The van der Waals surface area contributed by atoms with Crippen LogP contribution in [-0.4, -0.2) is 18.4 Å². The molecule has 9 heteroatoms. The van der Waals surface area contributed by atoms with Crippen LogP contribution in [0.5, 0.6) is 5.75 Å². The van der Waals surface area contributed by atoms with Crippen LogP contribution in [0.2, 0.25) is 5.02 Å². The molecule has 1 aliphatic heterocycles. The molecule has 0 aliphatic carbocycles. The van der Waals surface area contributed by atoms with E-state index in [0.29, 0.717) is 35.8 Å². The van der Waals surface area contributed by atoms with Crippen molar-refractivity contribution in [2.75, 3.05) is 16.8 Å². The predicted octanol–water partition coefficient (Wildman–Crippen LogP) is 5.33. The summed E-state index contributed by atoms with van der Waals surface area (Å²) in [6.45, 7) is 0.684. The highest BCUT2D eigenvalue weighted by Crippen LogP contribution is 2.30. The molecule has 34 heavy (non-hydrogen) atoms. The van der Waals surface area contributed by atoms with Crippen molar-refractivity contribution in [1.29, 1.82) is 0 Å². The highest BCUT2D eigenvalue weighted by atomic mass is 35.5. The van der Waals surface area contributed by atoms with Crippen molar-refractivity contribution < 1.29 is 18.7 Å². The van der Waals surface area contributed by atoms with E-state index in [1.54, 1.807) is 18.2 Å². The van der Waals surface area contributed by atoms with Gasteiger partial charge in [0, 0.05) is 40.2 Å². The summed E-state index contributed by atoms with van der Waals surface area (Å²) in [7, 11) is 0. The van der Waals surface area contributed by atoms with Gasteiger partial charge in [0.1, 0.15) is 18.2 Å². The molecule has 2 amide bonds. The van der Waals surface area contributed by atoms with Crippen LogP contribution in [0.3, 0.4) is 0 Å². The predicted molar refractivity (Wildman–Crippen MR) is 133 cm³/mol. The molecule has 0 radical (unpaired) electrons. The van der Waals surface area contributed by atoms with Crippen molar-refractivity contribution in [1.82, 2.24) is 0 Å². The molecule has 0 atom stereocenters. The Balaban J connectivity index is 1.42. The maximum Gasteiger partial charge on any atom is 0.228 e. The van der Waals surface area contributed by atoms with E-state index in [4.69, 9.17) is 21.5 Å². The molecule has 3 aromatic carbocycles. The Morgan fingerprint density at radius 2 is 1.97 bits per heavy atom. The van der Waals surface area contributed by atoms with Crippen LogP contribution in [0.1, 0.15) is 24.0 Å². The van der Waals surface area contributed by atoms with Crippen molar-refractivity contribution in [2.45, 2.75) is 30.8 Å². The number of hydrogen-bond acceptors (Lipinski definition) is 5. The molecule has 0 unspecified atom stereocenters. The number of carbonyl (C=O) groups excluding carboxylic acids is 2. The zero-order chi connectivity index (χ0) is 24.1. The van der Waals surface area contributed by atoms with Crippen molar-refractivity contribution in [3.8, 4) is 5.75 Å². The van der Waals surface area contributed by atoms with Crippen LogP contribution in [0.15, 0.2) is 65.6 Å². The second kappa shape index (κ2) is 10.9. The molecule has 3 aromatic rings. The monoisotopic (exact) mass is 499 g/mol. The lowest BCUT2D eigenvalue weighted by atomic mass is 10.1. The Labute approximate surface area is 206 Å². The van der Waals surface area contributed by atoms with Gasteiger partial charge in [-0.2, -0.15) is 0 Å². The van der Waals surface area contributed by atoms with Gasteiger partial charge in [0.05, 0.1) is 12.1 Å². The quantitative estimate of drug-likeness (QED) is 0.409. The van der Waals surface area contributed by atoms with Gasteiger partial charge in [-0.25, -0.2) is 4.39 Å². The fourth-order valence-corrected chi connectivity index (χ4v) is 4.41. The van der Waals surface area contributed by atoms with Crippen LogP contribution >= 0.6 is 23.5 Å². The number of carbonyl (C=O) groups is 2.